The van der Waals surface area contributed by atoms with Crippen molar-refractivity contribution in [3.05, 3.63) is 70.0 Å². The fourth-order valence-electron chi connectivity index (χ4n) is 7.20. The molecule has 2 aromatic rings. The Kier molecular flexibility index (Phi) is 9.20. The average Bonchev–Trinajstić information content (AvgIpc) is 3.47. The van der Waals surface area contributed by atoms with Gasteiger partial charge in [-0.05, 0) is 82.1 Å². The second-order valence-corrected chi connectivity index (χ2v) is 13.0. The normalized spacial score (nSPS) is 23.8. The molecule has 1 saturated heterocycles. The summed E-state index contributed by atoms with van der Waals surface area (Å²) in [7, 11) is 1.71. The lowest BCUT2D eigenvalue weighted by atomic mass is 9.79. The molecule has 2 fully saturated rings. The maximum absolute atomic E-state index is 13.5. The number of fused-ring (bicyclic) bond motifs is 1. The van der Waals surface area contributed by atoms with Crippen LogP contribution in [-0.4, -0.2) is 71.7 Å². The number of benzene rings is 2. The summed E-state index contributed by atoms with van der Waals surface area (Å²) in [6.07, 6.45) is 4.34. The van der Waals surface area contributed by atoms with Gasteiger partial charge >= 0.3 is 0 Å². The molecule has 3 heterocycles. The molecule has 6 rings (SSSR count). The van der Waals surface area contributed by atoms with Crippen molar-refractivity contribution in [3.63, 3.8) is 0 Å². The van der Waals surface area contributed by atoms with Gasteiger partial charge in [-0.1, -0.05) is 29.8 Å². The fourth-order valence-corrected chi connectivity index (χ4v) is 7.20. The molecule has 1 spiro atoms. The molecule has 0 bridgehead atoms. The Morgan fingerprint density at radius 2 is 1.75 bits per heavy atom. The first kappa shape index (κ1) is 33.1. The van der Waals surface area contributed by atoms with Crippen molar-refractivity contribution in [1.82, 2.24) is 15.5 Å². The van der Waals surface area contributed by atoms with Crippen LogP contribution in [0, 0.1) is 13.8 Å². The molecule has 2 aromatic carbocycles. The van der Waals surface area contributed by atoms with Crippen LogP contribution < -0.4 is 16.0 Å². The van der Waals surface area contributed by atoms with Gasteiger partial charge in [0.25, 0.3) is 17.7 Å². The number of carbonyl (C=O) groups excluding carboxylic acids is 6. The quantitative estimate of drug-likeness (QED) is 0.258. The molecular formula is C36H40N4O8. The third kappa shape index (κ3) is 6.12. The van der Waals surface area contributed by atoms with E-state index >= 15 is 0 Å². The first-order valence-electron chi connectivity index (χ1n) is 16.5. The van der Waals surface area contributed by atoms with E-state index in [4.69, 9.17) is 9.47 Å². The van der Waals surface area contributed by atoms with Crippen LogP contribution in [0.5, 0.6) is 0 Å². The van der Waals surface area contributed by atoms with Gasteiger partial charge in [0, 0.05) is 20.0 Å². The molecule has 1 saturated carbocycles. The van der Waals surface area contributed by atoms with Crippen LogP contribution in [0.25, 0.3) is 5.57 Å². The minimum atomic E-state index is -1.09. The van der Waals surface area contributed by atoms with E-state index in [-0.39, 0.29) is 54.0 Å². The summed E-state index contributed by atoms with van der Waals surface area (Å²) in [6, 6.07) is 9.53. The van der Waals surface area contributed by atoms with Crippen molar-refractivity contribution in [1.29, 1.82) is 0 Å². The zero-order chi connectivity index (χ0) is 34.2. The number of rotatable bonds is 10. The minimum absolute atomic E-state index is 0.0172. The van der Waals surface area contributed by atoms with E-state index in [1.165, 1.54) is 6.07 Å². The molecule has 3 N–H and O–H groups in total. The summed E-state index contributed by atoms with van der Waals surface area (Å²) in [5, 5.41) is 8.19. The first-order valence-corrected chi connectivity index (χ1v) is 16.5. The average molecular weight is 657 g/mol. The maximum atomic E-state index is 13.5. The monoisotopic (exact) mass is 656 g/mol. The number of nitrogens with zero attached hydrogens (tertiary/aromatic N) is 1. The predicted molar refractivity (Wildman–Crippen MR) is 175 cm³/mol. The minimum Gasteiger partial charge on any atom is -0.495 e. The van der Waals surface area contributed by atoms with Gasteiger partial charge in [-0.2, -0.15) is 0 Å². The highest BCUT2D eigenvalue weighted by molar-refractivity contribution is 6.26. The van der Waals surface area contributed by atoms with Crippen LogP contribution in [0.3, 0.4) is 0 Å². The highest BCUT2D eigenvalue weighted by Crippen LogP contribution is 2.44. The molecule has 6 amide bonds. The second-order valence-electron chi connectivity index (χ2n) is 13.0. The van der Waals surface area contributed by atoms with Crippen LogP contribution in [-0.2, 0) is 28.7 Å². The van der Waals surface area contributed by atoms with E-state index in [1.54, 1.807) is 19.2 Å². The van der Waals surface area contributed by atoms with Crippen molar-refractivity contribution < 1.29 is 38.2 Å². The second kappa shape index (κ2) is 13.3. The number of imide groups is 2. The summed E-state index contributed by atoms with van der Waals surface area (Å²) in [5.74, 6) is -2.30. The van der Waals surface area contributed by atoms with Gasteiger partial charge in [0.05, 0.1) is 40.6 Å². The lowest BCUT2D eigenvalue weighted by Gasteiger charge is -2.38. The number of unbranched alkanes of at least 4 members (excludes halogenated alkanes) is 1. The predicted octanol–water partition coefficient (Wildman–Crippen LogP) is 3.70. The molecule has 1 aliphatic carbocycles. The summed E-state index contributed by atoms with van der Waals surface area (Å²) >= 11 is 0. The zero-order valence-electron chi connectivity index (χ0n) is 27.4. The van der Waals surface area contributed by atoms with E-state index in [9.17, 15) is 28.8 Å². The van der Waals surface area contributed by atoms with Crippen LogP contribution in [0.1, 0.15) is 95.2 Å². The standard InChI is InChI=1S/C36H40N4O8/c1-20-10-11-21(2)24(19-20)30-31(36(39-33(30)44)16-14-22(47-3)15-17-36)48-18-5-4-9-27(41)37-25-8-6-7-23-29(25)35(46)40(34(23)45)26-12-13-28(42)38-32(26)43/h6-8,10-11,19,22,26H,4-5,9,12-18H2,1-3H3,(H,37,41)(H,39,44)(H,38,42,43). The number of anilines is 1. The van der Waals surface area contributed by atoms with Crippen LogP contribution in [0.2, 0.25) is 0 Å². The first-order chi connectivity index (χ1) is 23.0. The molecular weight excluding hydrogens is 616 g/mol. The van der Waals surface area contributed by atoms with Gasteiger partial charge in [-0.25, -0.2) is 0 Å². The van der Waals surface area contributed by atoms with Gasteiger partial charge in [0.1, 0.15) is 11.8 Å². The number of carbonyl (C=O) groups is 6. The van der Waals surface area contributed by atoms with Gasteiger partial charge < -0.3 is 20.1 Å². The SMILES string of the molecule is COC1CCC2(CC1)NC(=O)C(c1cc(C)ccc1C)=C2OCCCCC(=O)Nc1cccc2c1C(=O)N(C1CCC(=O)NC1=O)C2=O. The number of nitrogens with one attached hydrogen (secondary N) is 3. The Labute approximate surface area is 278 Å². The van der Waals surface area contributed by atoms with Gasteiger partial charge in [-0.15, -0.1) is 0 Å². The third-order valence-corrected chi connectivity index (χ3v) is 9.81. The number of amides is 6. The lowest BCUT2D eigenvalue weighted by Crippen LogP contribution is -2.54. The van der Waals surface area contributed by atoms with E-state index in [2.05, 4.69) is 16.0 Å². The highest BCUT2D eigenvalue weighted by Gasteiger charge is 2.49. The number of hydrogen-bond acceptors (Lipinski definition) is 8. The van der Waals surface area contributed by atoms with Crippen molar-refractivity contribution in [3.8, 4) is 0 Å². The maximum Gasteiger partial charge on any atom is 0.264 e. The Bertz CT molecular complexity index is 1740. The molecule has 1 atom stereocenters. The summed E-state index contributed by atoms with van der Waals surface area (Å²) in [6.45, 7) is 4.28. The Hall–Kier alpha value is -4.84. The smallest absolute Gasteiger partial charge is 0.264 e. The molecule has 0 radical (unpaired) electrons. The van der Waals surface area contributed by atoms with E-state index < -0.39 is 35.2 Å². The van der Waals surface area contributed by atoms with Crippen LogP contribution >= 0.6 is 0 Å². The topological polar surface area (TPSA) is 160 Å². The Balaban J connectivity index is 1.10. The molecule has 4 aliphatic rings. The summed E-state index contributed by atoms with van der Waals surface area (Å²) < 4.78 is 12.0. The Morgan fingerprint density at radius 3 is 2.48 bits per heavy atom. The van der Waals surface area contributed by atoms with Crippen LogP contribution in [0.4, 0.5) is 5.69 Å². The molecule has 3 aliphatic heterocycles. The van der Waals surface area contributed by atoms with Gasteiger partial charge in [-0.3, -0.25) is 39.0 Å². The van der Waals surface area contributed by atoms with Crippen molar-refractivity contribution in [2.75, 3.05) is 19.0 Å². The highest BCUT2D eigenvalue weighted by atomic mass is 16.5. The number of aryl methyl sites for hydroxylation is 2. The number of methoxy groups -OCH3 is 1. The molecule has 48 heavy (non-hydrogen) atoms. The third-order valence-electron chi connectivity index (χ3n) is 9.81. The number of piperidine rings is 1. The Morgan fingerprint density at radius 1 is 0.979 bits per heavy atom. The zero-order valence-corrected chi connectivity index (χ0v) is 27.4. The fraction of sp³-hybridized carbons (Fsp3) is 0.444. The number of hydrogen-bond donors (Lipinski definition) is 3. The van der Waals surface area contributed by atoms with Gasteiger partial charge in [0.2, 0.25) is 17.7 Å². The number of ether oxygens (including phenoxy) is 2. The molecule has 0 aromatic heterocycles. The summed E-state index contributed by atoms with van der Waals surface area (Å²) in [4.78, 5) is 77.8. The van der Waals surface area contributed by atoms with Crippen molar-refractivity contribution in [2.45, 2.75) is 89.3 Å². The molecule has 12 nitrogen and oxygen atoms in total. The molecule has 252 valence electrons. The van der Waals surface area contributed by atoms with Crippen molar-refractivity contribution >= 4 is 46.7 Å². The van der Waals surface area contributed by atoms with Crippen LogP contribution in [0.15, 0.2) is 42.2 Å². The summed E-state index contributed by atoms with van der Waals surface area (Å²) in [5.41, 5.74) is 3.16. The lowest BCUT2D eigenvalue weighted by molar-refractivity contribution is -0.136. The largest absolute Gasteiger partial charge is 0.495 e. The van der Waals surface area contributed by atoms with Gasteiger partial charge in [0.15, 0.2) is 0 Å². The van der Waals surface area contributed by atoms with E-state index in [0.717, 1.165) is 34.4 Å². The molecule has 1 unspecified atom stereocenters. The molecule has 12 heteroatoms. The van der Waals surface area contributed by atoms with E-state index in [1.807, 2.05) is 32.0 Å². The van der Waals surface area contributed by atoms with Crippen molar-refractivity contribution in [2.24, 2.45) is 0 Å². The van der Waals surface area contributed by atoms with E-state index in [0.29, 0.717) is 43.6 Å².